The number of ketones is 1. The molecule has 0 aliphatic heterocycles. The zero-order chi connectivity index (χ0) is 14.4. The number of Topliss-reactive ketones (excluding diaryl/α,β-unsaturated/α-hetero) is 1. The van der Waals surface area contributed by atoms with Gasteiger partial charge >= 0.3 is 0 Å². The number of allylic oxidation sites excluding steroid dienone is 3. The Kier molecular flexibility index (Phi) is 5.86. The number of hydrogen-bond donors (Lipinski definition) is 0. The molecule has 0 heterocycles. The first kappa shape index (κ1) is 15.5. The van der Waals surface area contributed by atoms with Crippen LogP contribution < -0.4 is 0 Å². The summed E-state index contributed by atoms with van der Waals surface area (Å²) in [5, 5.41) is 0. The number of ether oxygens (including phenoxy) is 1. The first-order valence-electron chi connectivity index (χ1n) is 5.65. The van der Waals surface area contributed by atoms with Crippen molar-refractivity contribution in [3.63, 3.8) is 0 Å². The molecule has 1 rings (SSSR count). The summed E-state index contributed by atoms with van der Waals surface area (Å²) in [5.74, 6) is -0.178. The Bertz CT molecular complexity index is 547. The molecule has 0 saturated carbocycles. The van der Waals surface area contributed by atoms with Crippen molar-refractivity contribution < 1.29 is 9.53 Å². The summed E-state index contributed by atoms with van der Waals surface area (Å²) in [7, 11) is 1.61. The summed E-state index contributed by atoms with van der Waals surface area (Å²) in [6, 6.07) is 5.35. The molecule has 0 spiro atoms. The lowest BCUT2D eigenvalue weighted by molar-refractivity contribution is 0.103. The predicted octanol–water partition coefficient (Wildman–Crippen LogP) is 3.94. The number of rotatable bonds is 6. The largest absolute Gasteiger partial charge is 0.380 e. The van der Waals surface area contributed by atoms with E-state index in [2.05, 4.69) is 34.2 Å². The van der Waals surface area contributed by atoms with Gasteiger partial charge in [0.1, 0.15) is 5.70 Å². The summed E-state index contributed by atoms with van der Waals surface area (Å²) >= 11 is 3.42. The lowest BCUT2D eigenvalue weighted by Gasteiger charge is -2.07. The van der Waals surface area contributed by atoms with Crippen molar-refractivity contribution in [2.24, 2.45) is 4.99 Å². The van der Waals surface area contributed by atoms with Gasteiger partial charge in [0.05, 0.1) is 6.61 Å². The first-order valence-corrected chi connectivity index (χ1v) is 6.45. The van der Waals surface area contributed by atoms with E-state index in [-0.39, 0.29) is 11.5 Å². The molecule has 0 atom stereocenters. The quantitative estimate of drug-likeness (QED) is 0.344. The van der Waals surface area contributed by atoms with E-state index in [0.717, 1.165) is 15.6 Å². The average Bonchev–Trinajstić information content (AvgIpc) is 2.37. The van der Waals surface area contributed by atoms with E-state index < -0.39 is 0 Å². The topological polar surface area (TPSA) is 38.7 Å². The second kappa shape index (κ2) is 7.16. The molecular formula is C15H16BrNO2. The number of benzene rings is 1. The summed E-state index contributed by atoms with van der Waals surface area (Å²) in [4.78, 5) is 16.0. The van der Waals surface area contributed by atoms with Gasteiger partial charge in [0.2, 0.25) is 5.78 Å². The van der Waals surface area contributed by atoms with Crippen molar-refractivity contribution in [2.75, 3.05) is 7.11 Å². The Morgan fingerprint density at radius 1 is 1.53 bits per heavy atom. The van der Waals surface area contributed by atoms with E-state index in [1.807, 2.05) is 6.07 Å². The smallest absolute Gasteiger partial charge is 0.211 e. The van der Waals surface area contributed by atoms with Gasteiger partial charge in [-0.05, 0) is 43.5 Å². The number of halogens is 1. The summed E-state index contributed by atoms with van der Waals surface area (Å²) in [5.41, 5.74) is 2.51. The number of carbonyl (C=O) groups excluding carboxylic acids is 1. The van der Waals surface area contributed by atoms with E-state index >= 15 is 0 Å². The molecule has 0 unspecified atom stereocenters. The van der Waals surface area contributed by atoms with Crippen LogP contribution in [-0.4, -0.2) is 19.6 Å². The Balaban J connectivity index is 3.15. The van der Waals surface area contributed by atoms with Crippen LogP contribution in [-0.2, 0) is 11.3 Å². The van der Waals surface area contributed by atoms with Gasteiger partial charge in [-0.3, -0.25) is 9.79 Å². The Morgan fingerprint density at radius 2 is 2.21 bits per heavy atom. The van der Waals surface area contributed by atoms with Gasteiger partial charge in [0.15, 0.2) is 0 Å². The molecule has 0 aromatic heterocycles. The molecule has 0 amide bonds. The Labute approximate surface area is 121 Å². The van der Waals surface area contributed by atoms with Gasteiger partial charge in [0, 0.05) is 17.1 Å². The van der Waals surface area contributed by atoms with Gasteiger partial charge in [-0.1, -0.05) is 28.1 Å². The molecule has 100 valence electrons. The molecule has 4 heteroatoms. The van der Waals surface area contributed by atoms with E-state index in [1.54, 1.807) is 32.2 Å². The second-order valence-electron chi connectivity index (χ2n) is 4.10. The van der Waals surface area contributed by atoms with Gasteiger partial charge in [0.25, 0.3) is 0 Å². The van der Waals surface area contributed by atoms with Gasteiger partial charge < -0.3 is 4.74 Å². The third-order valence-electron chi connectivity index (χ3n) is 2.39. The van der Waals surface area contributed by atoms with Crippen LogP contribution in [0.15, 0.2) is 51.6 Å². The van der Waals surface area contributed by atoms with Crippen molar-refractivity contribution in [3.8, 4) is 0 Å². The monoisotopic (exact) mass is 321 g/mol. The van der Waals surface area contributed by atoms with Crippen LogP contribution >= 0.6 is 15.9 Å². The maximum Gasteiger partial charge on any atom is 0.211 e. The van der Waals surface area contributed by atoms with Crippen LogP contribution in [0, 0.1) is 0 Å². The molecule has 0 aliphatic carbocycles. The zero-order valence-corrected chi connectivity index (χ0v) is 12.7. The SMILES string of the molecule is C=N/C(=C\C(=C)C)C(=O)c1ccc(Br)c(COC)c1. The van der Waals surface area contributed by atoms with Crippen LogP contribution in [0.1, 0.15) is 22.8 Å². The van der Waals surface area contributed by atoms with Crippen molar-refractivity contribution in [1.82, 2.24) is 0 Å². The zero-order valence-electron chi connectivity index (χ0n) is 11.1. The fraction of sp³-hybridized carbons (Fsp3) is 0.200. The van der Waals surface area contributed by atoms with E-state index in [9.17, 15) is 4.79 Å². The normalized spacial score (nSPS) is 11.2. The van der Waals surface area contributed by atoms with Crippen LogP contribution in [0.25, 0.3) is 0 Å². The number of nitrogens with zero attached hydrogens (tertiary/aromatic N) is 1. The third-order valence-corrected chi connectivity index (χ3v) is 3.17. The summed E-state index contributed by atoms with van der Waals surface area (Å²) in [6.07, 6.45) is 1.62. The number of carbonyl (C=O) groups is 1. The predicted molar refractivity (Wildman–Crippen MR) is 81.6 cm³/mol. The molecule has 0 radical (unpaired) electrons. The molecule has 0 N–H and O–H groups in total. The van der Waals surface area contributed by atoms with E-state index in [0.29, 0.717) is 12.2 Å². The fourth-order valence-electron chi connectivity index (χ4n) is 1.55. The van der Waals surface area contributed by atoms with Crippen LogP contribution in [0.5, 0.6) is 0 Å². The highest BCUT2D eigenvalue weighted by Gasteiger charge is 2.12. The third kappa shape index (κ3) is 4.26. The highest BCUT2D eigenvalue weighted by molar-refractivity contribution is 9.10. The van der Waals surface area contributed by atoms with Crippen molar-refractivity contribution >= 4 is 28.4 Å². The van der Waals surface area contributed by atoms with Gasteiger partial charge in [-0.15, -0.1) is 0 Å². The lowest BCUT2D eigenvalue weighted by Crippen LogP contribution is -2.03. The van der Waals surface area contributed by atoms with Crippen molar-refractivity contribution in [3.05, 3.63) is 57.7 Å². The fourth-order valence-corrected chi connectivity index (χ4v) is 1.91. The van der Waals surface area contributed by atoms with Crippen LogP contribution in [0.2, 0.25) is 0 Å². The standard InChI is InChI=1S/C15H16BrNO2/c1-10(2)7-14(17-3)15(18)11-5-6-13(16)12(8-11)9-19-4/h5-8H,1,3,9H2,2,4H3/b14-7-. The minimum atomic E-state index is -0.178. The summed E-state index contributed by atoms with van der Waals surface area (Å²) < 4.78 is 5.99. The maximum atomic E-state index is 12.3. The highest BCUT2D eigenvalue weighted by Crippen LogP contribution is 2.21. The van der Waals surface area contributed by atoms with Crippen LogP contribution in [0.3, 0.4) is 0 Å². The van der Waals surface area contributed by atoms with Gasteiger partial charge in [-0.2, -0.15) is 0 Å². The second-order valence-corrected chi connectivity index (χ2v) is 4.96. The maximum absolute atomic E-state index is 12.3. The molecular weight excluding hydrogens is 306 g/mol. The number of hydrogen-bond acceptors (Lipinski definition) is 3. The van der Waals surface area contributed by atoms with Crippen molar-refractivity contribution in [1.29, 1.82) is 0 Å². The number of aliphatic imine (C=N–C) groups is 1. The molecule has 19 heavy (non-hydrogen) atoms. The molecule has 0 aliphatic rings. The Morgan fingerprint density at radius 3 is 2.74 bits per heavy atom. The highest BCUT2D eigenvalue weighted by atomic mass is 79.9. The molecule has 0 fully saturated rings. The molecule has 0 saturated heterocycles. The Hall–Kier alpha value is -1.52. The van der Waals surface area contributed by atoms with Crippen LogP contribution in [0.4, 0.5) is 0 Å². The molecule has 1 aromatic rings. The molecule has 0 bridgehead atoms. The summed E-state index contributed by atoms with van der Waals surface area (Å²) in [6.45, 7) is 9.39. The number of methoxy groups -OCH3 is 1. The van der Waals surface area contributed by atoms with E-state index in [4.69, 9.17) is 4.74 Å². The van der Waals surface area contributed by atoms with Crippen molar-refractivity contribution in [2.45, 2.75) is 13.5 Å². The lowest BCUT2D eigenvalue weighted by atomic mass is 10.0. The average molecular weight is 322 g/mol. The first-order chi connectivity index (χ1) is 8.99. The minimum Gasteiger partial charge on any atom is -0.380 e. The molecule has 1 aromatic carbocycles. The minimum absolute atomic E-state index is 0.178. The van der Waals surface area contributed by atoms with Gasteiger partial charge in [-0.25, -0.2) is 0 Å². The van der Waals surface area contributed by atoms with E-state index in [1.165, 1.54) is 0 Å². The molecule has 3 nitrogen and oxygen atoms in total.